The topological polar surface area (TPSA) is 95.8 Å². The lowest BCUT2D eigenvalue weighted by Gasteiger charge is -2.30. The molecule has 7 nitrogen and oxygen atoms in total. The van der Waals surface area contributed by atoms with Gasteiger partial charge in [0.25, 0.3) is 0 Å². The first-order valence-electron chi connectivity index (χ1n) is 10.6. The van der Waals surface area contributed by atoms with Crippen LogP contribution < -0.4 is 15.4 Å². The fraction of sp³-hybridized carbons (Fsp3) is 0.333. The second-order valence-corrected chi connectivity index (χ2v) is 7.94. The molecular formula is C24H25FN6O. The summed E-state index contributed by atoms with van der Waals surface area (Å²) in [5.74, 6) is 1.43. The normalized spacial score (nSPS) is 14.9. The van der Waals surface area contributed by atoms with Crippen molar-refractivity contribution >= 4 is 17.2 Å². The highest BCUT2D eigenvalue weighted by Crippen LogP contribution is 2.35. The maximum Gasteiger partial charge on any atom is 0.232 e. The number of anilines is 3. The lowest BCUT2D eigenvalue weighted by molar-refractivity contribution is 0.122. The van der Waals surface area contributed by atoms with Crippen molar-refractivity contribution in [1.82, 2.24) is 15.0 Å². The molecule has 0 aliphatic heterocycles. The van der Waals surface area contributed by atoms with E-state index in [9.17, 15) is 0 Å². The van der Waals surface area contributed by atoms with E-state index in [1.54, 1.807) is 13.3 Å². The van der Waals surface area contributed by atoms with Gasteiger partial charge in [-0.3, -0.25) is 0 Å². The summed E-state index contributed by atoms with van der Waals surface area (Å²) < 4.78 is 20.5. The Labute approximate surface area is 186 Å². The number of ether oxygens (including phenoxy) is 1. The summed E-state index contributed by atoms with van der Waals surface area (Å²) in [6.07, 6.45) is 8.90. The number of aromatic nitrogens is 3. The number of nitriles is 1. The second-order valence-electron chi connectivity index (χ2n) is 7.94. The molecule has 0 saturated heterocycles. The summed E-state index contributed by atoms with van der Waals surface area (Å²) in [7, 11) is 1.63. The summed E-state index contributed by atoms with van der Waals surface area (Å²) in [6, 6.07) is 11.4. The number of halogens is 1. The van der Waals surface area contributed by atoms with E-state index in [-0.39, 0.29) is 12.4 Å². The van der Waals surface area contributed by atoms with Crippen molar-refractivity contribution in [2.24, 2.45) is 0 Å². The molecule has 0 atom stereocenters. The van der Waals surface area contributed by atoms with Crippen LogP contribution in [0.25, 0.3) is 11.1 Å². The molecule has 1 saturated carbocycles. The van der Waals surface area contributed by atoms with E-state index in [0.29, 0.717) is 24.3 Å². The molecule has 1 aliphatic carbocycles. The van der Waals surface area contributed by atoms with Gasteiger partial charge in [0.05, 0.1) is 25.2 Å². The molecule has 0 amide bonds. The Morgan fingerprint density at radius 2 is 1.78 bits per heavy atom. The zero-order valence-corrected chi connectivity index (χ0v) is 17.9. The number of benzene rings is 1. The number of alkyl halides is 1. The van der Waals surface area contributed by atoms with Crippen LogP contribution in [0.15, 0.2) is 48.9 Å². The van der Waals surface area contributed by atoms with Crippen molar-refractivity contribution in [3.63, 3.8) is 0 Å². The highest BCUT2D eigenvalue weighted by molar-refractivity contribution is 5.80. The van der Waals surface area contributed by atoms with E-state index in [0.717, 1.165) is 41.8 Å². The first kappa shape index (κ1) is 21.5. The highest BCUT2D eigenvalue weighted by atomic mass is 19.1. The smallest absolute Gasteiger partial charge is 0.232 e. The molecule has 0 unspecified atom stereocenters. The first-order chi connectivity index (χ1) is 15.6. The van der Waals surface area contributed by atoms with Gasteiger partial charge in [-0.2, -0.15) is 5.26 Å². The molecule has 4 rings (SSSR count). The van der Waals surface area contributed by atoms with Gasteiger partial charge in [0.15, 0.2) is 0 Å². The van der Waals surface area contributed by atoms with Crippen LogP contribution >= 0.6 is 0 Å². The maximum atomic E-state index is 15.3. The molecule has 0 spiro atoms. The fourth-order valence-electron chi connectivity index (χ4n) is 3.88. The van der Waals surface area contributed by atoms with Crippen molar-refractivity contribution in [3.05, 3.63) is 54.7 Å². The van der Waals surface area contributed by atoms with Crippen molar-refractivity contribution in [2.45, 2.75) is 37.8 Å². The van der Waals surface area contributed by atoms with Crippen LogP contribution in [-0.2, 0) is 0 Å². The van der Waals surface area contributed by atoms with Gasteiger partial charge < -0.3 is 15.4 Å². The largest absolute Gasteiger partial charge is 0.497 e. The van der Waals surface area contributed by atoms with Crippen LogP contribution in [0.4, 0.5) is 21.6 Å². The summed E-state index contributed by atoms with van der Waals surface area (Å²) in [4.78, 5) is 12.4. The lowest BCUT2D eigenvalue weighted by Crippen LogP contribution is -2.34. The number of hydrogen-bond acceptors (Lipinski definition) is 7. The molecule has 1 fully saturated rings. The van der Waals surface area contributed by atoms with Crippen LogP contribution in [0, 0.1) is 11.3 Å². The van der Waals surface area contributed by atoms with Crippen LogP contribution in [0.5, 0.6) is 5.75 Å². The third-order valence-electron chi connectivity index (χ3n) is 5.67. The molecule has 0 bridgehead atoms. The van der Waals surface area contributed by atoms with Crippen LogP contribution in [0.1, 0.15) is 37.9 Å². The Morgan fingerprint density at radius 3 is 2.44 bits per heavy atom. The lowest BCUT2D eigenvalue weighted by atomic mass is 9.86. The standard InChI is InChI=1S/C24H25FN6O/c1-32-19-7-5-17(6-8-19)20-15-29-22(31-18-13-27-23(12-26)28-14-18)11-21(20)30-16-24(25)9-3-2-4-10-24/h5-8,11,13-15H,2-4,9-10,16H2,1H3,(H2,29,30,31). The van der Waals surface area contributed by atoms with Gasteiger partial charge in [0, 0.05) is 30.1 Å². The molecular weight excluding hydrogens is 407 g/mol. The zero-order chi connectivity index (χ0) is 22.4. The molecule has 2 N–H and O–H groups in total. The third kappa shape index (κ3) is 5.11. The Balaban J connectivity index is 1.61. The number of rotatable bonds is 7. The number of nitrogens with one attached hydrogen (secondary N) is 2. The van der Waals surface area contributed by atoms with E-state index in [2.05, 4.69) is 25.6 Å². The van der Waals surface area contributed by atoms with E-state index in [1.807, 2.05) is 36.4 Å². The second kappa shape index (κ2) is 9.60. The predicted molar refractivity (Wildman–Crippen MR) is 122 cm³/mol. The molecule has 0 radical (unpaired) electrons. The Kier molecular flexibility index (Phi) is 6.45. The average molecular weight is 433 g/mol. The first-order valence-corrected chi connectivity index (χ1v) is 10.6. The number of methoxy groups -OCH3 is 1. The molecule has 32 heavy (non-hydrogen) atoms. The Morgan fingerprint density at radius 1 is 1.06 bits per heavy atom. The highest BCUT2D eigenvalue weighted by Gasteiger charge is 2.31. The van der Waals surface area contributed by atoms with Gasteiger partial charge in [0.2, 0.25) is 5.82 Å². The van der Waals surface area contributed by atoms with Crippen LogP contribution in [0.3, 0.4) is 0 Å². The third-order valence-corrected chi connectivity index (χ3v) is 5.67. The quantitative estimate of drug-likeness (QED) is 0.527. The minimum atomic E-state index is -1.20. The summed E-state index contributed by atoms with van der Waals surface area (Å²) in [5.41, 5.74) is 2.01. The molecule has 3 aromatic rings. The van der Waals surface area contributed by atoms with Gasteiger partial charge >= 0.3 is 0 Å². The zero-order valence-electron chi connectivity index (χ0n) is 17.9. The summed E-state index contributed by atoms with van der Waals surface area (Å²) >= 11 is 0. The SMILES string of the molecule is COc1ccc(-c2cnc(Nc3cnc(C#N)nc3)cc2NCC2(F)CCCCC2)cc1. The predicted octanol–water partition coefficient (Wildman–Crippen LogP) is 5.25. The van der Waals surface area contributed by atoms with E-state index < -0.39 is 5.67 Å². The molecule has 2 heterocycles. The Hall–Kier alpha value is -3.73. The fourth-order valence-corrected chi connectivity index (χ4v) is 3.88. The maximum absolute atomic E-state index is 15.3. The molecule has 164 valence electrons. The van der Waals surface area contributed by atoms with Gasteiger partial charge in [-0.25, -0.2) is 19.3 Å². The number of nitrogens with zero attached hydrogens (tertiary/aromatic N) is 4. The van der Waals surface area contributed by atoms with Crippen molar-refractivity contribution in [1.29, 1.82) is 5.26 Å². The van der Waals surface area contributed by atoms with E-state index in [4.69, 9.17) is 10.00 Å². The monoisotopic (exact) mass is 432 g/mol. The minimum absolute atomic E-state index is 0.0986. The number of pyridine rings is 1. The van der Waals surface area contributed by atoms with Crippen LogP contribution in [-0.4, -0.2) is 34.3 Å². The van der Waals surface area contributed by atoms with E-state index in [1.165, 1.54) is 12.4 Å². The summed E-state index contributed by atoms with van der Waals surface area (Å²) in [6.45, 7) is 0.250. The van der Waals surface area contributed by atoms with Gasteiger partial charge in [-0.15, -0.1) is 0 Å². The van der Waals surface area contributed by atoms with Crippen molar-refractivity contribution in [3.8, 4) is 22.9 Å². The molecule has 8 heteroatoms. The molecule has 1 aliphatic rings. The van der Waals surface area contributed by atoms with Gasteiger partial charge in [-0.1, -0.05) is 31.4 Å². The minimum Gasteiger partial charge on any atom is -0.497 e. The molecule has 1 aromatic carbocycles. The van der Waals surface area contributed by atoms with Crippen LogP contribution in [0.2, 0.25) is 0 Å². The number of hydrogen-bond donors (Lipinski definition) is 2. The van der Waals surface area contributed by atoms with Crippen molar-refractivity contribution < 1.29 is 9.13 Å². The van der Waals surface area contributed by atoms with Crippen molar-refractivity contribution in [2.75, 3.05) is 24.3 Å². The van der Waals surface area contributed by atoms with Gasteiger partial charge in [-0.05, 0) is 30.5 Å². The Bertz CT molecular complexity index is 1090. The van der Waals surface area contributed by atoms with Gasteiger partial charge in [0.1, 0.15) is 23.3 Å². The molecule has 2 aromatic heterocycles. The summed E-state index contributed by atoms with van der Waals surface area (Å²) in [5, 5.41) is 15.3. The average Bonchev–Trinajstić information content (AvgIpc) is 2.84. The van der Waals surface area contributed by atoms with E-state index >= 15 is 4.39 Å².